The van der Waals surface area contributed by atoms with E-state index in [1.807, 2.05) is 0 Å². The average Bonchev–Trinajstić information content (AvgIpc) is 2.31. The van der Waals surface area contributed by atoms with Gasteiger partial charge in [-0.2, -0.15) is 0 Å². The van der Waals surface area contributed by atoms with Crippen molar-refractivity contribution in [2.24, 2.45) is 11.7 Å². The van der Waals surface area contributed by atoms with Gasteiger partial charge in [0.2, 0.25) is 0 Å². The fraction of sp³-hybridized carbons (Fsp3) is 0.647. The fourth-order valence-corrected chi connectivity index (χ4v) is 2.81. The molecule has 0 spiro atoms. The monoisotopic (exact) mass is 247 g/mol. The maximum absolute atomic E-state index is 5.93. The molecule has 2 N–H and O–H groups in total. The Balaban J connectivity index is 2.69. The van der Waals surface area contributed by atoms with Crippen molar-refractivity contribution >= 4 is 0 Å². The van der Waals surface area contributed by atoms with Crippen LogP contribution in [0.1, 0.15) is 54.9 Å². The third-order valence-electron chi connectivity index (χ3n) is 3.88. The van der Waals surface area contributed by atoms with E-state index in [9.17, 15) is 0 Å². The summed E-state index contributed by atoms with van der Waals surface area (Å²) in [6.07, 6.45) is 6.37. The number of rotatable bonds is 7. The fourth-order valence-electron chi connectivity index (χ4n) is 2.81. The van der Waals surface area contributed by atoms with Crippen LogP contribution in [0.3, 0.4) is 0 Å². The smallest absolute Gasteiger partial charge is 0.00457 e. The molecule has 18 heavy (non-hydrogen) atoms. The molecular formula is C17H29N. The minimum absolute atomic E-state index is 0.650. The highest BCUT2D eigenvalue weighted by Crippen LogP contribution is 2.22. The Hall–Kier alpha value is -0.820. The van der Waals surface area contributed by atoms with Crippen molar-refractivity contribution in [1.29, 1.82) is 0 Å². The summed E-state index contributed by atoms with van der Waals surface area (Å²) >= 11 is 0. The van der Waals surface area contributed by atoms with Crippen molar-refractivity contribution in [2.75, 3.05) is 6.54 Å². The Morgan fingerprint density at radius 3 is 2.17 bits per heavy atom. The Bertz CT molecular complexity index is 345. The number of aryl methyl sites for hydroxylation is 3. The van der Waals surface area contributed by atoms with Gasteiger partial charge >= 0.3 is 0 Å². The first-order valence-electron chi connectivity index (χ1n) is 7.35. The van der Waals surface area contributed by atoms with Crippen LogP contribution in [-0.4, -0.2) is 6.54 Å². The molecule has 1 rings (SSSR count). The molecule has 0 aliphatic rings. The highest BCUT2D eigenvalue weighted by atomic mass is 14.5. The first kappa shape index (κ1) is 15.2. The molecule has 0 bridgehead atoms. The highest BCUT2D eigenvalue weighted by Gasteiger charge is 2.11. The van der Waals surface area contributed by atoms with E-state index in [4.69, 9.17) is 5.73 Å². The van der Waals surface area contributed by atoms with Crippen LogP contribution in [0.4, 0.5) is 0 Å². The van der Waals surface area contributed by atoms with Gasteiger partial charge in [0, 0.05) is 0 Å². The number of hydrogen-bond donors (Lipinski definition) is 1. The van der Waals surface area contributed by atoms with Crippen molar-refractivity contribution in [1.82, 2.24) is 0 Å². The molecule has 1 heteroatoms. The highest BCUT2D eigenvalue weighted by molar-refractivity contribution is 5.37. The molecule has 1 unspecified atom stereocenters. The molecule has 0 radical (unpaired) electrons. The maximum atomic E-state index is 5.93. The molecule has 0 saturated heterocycles. The zero-order valence-corrected chi connectivity index (χ0v) is 12.6. The van der Waals surface area contributed by atoms with Crippen LogP contribution < -0.4 is 5.73 Å². The second-order valence-corrected chi connectivity index (χ2v) is 5.68. The quantitative estimate of drug-likeness (QED) is 0.714. The van der Waals surface area contributed by atoms with Crippen molar-refractivity contribution in [3.8, 4) is 0 Å². The number of nitrogens with two attached hydrogens (primary N) is 1. The molecule has 1 atom stereocenters. The summed E-state index contributed by atoms with van der Waals surface area (Å²) in [5, 5.41) is 0. The van der Waals surface area contributed by atoms with Crippen molar-refractivity contribution in [3.63, 3.8) is 0 Å². The summed E-state index contributed by atoms with van der Waals surface area (Å²) in [5.41, 5.74) is 11.7. The molecule has 102 valence electrons. The van der Waals surface area contributed by atoms with Gasteiger partial charge in [-0.1, -0.05) is 43.9 Å². The van der Waals surface area contributed by atoms with Crippen LogP contribution in [0, 0.1) is 26.7 Å². The first-order valence-corrected chi connectivity index (χ1v) is 7.35. The molecule has 0 aliphatic heterocycles. The number of hydrogen-bond acceptors (Lipinski definition) is 1. The predicted molar refractivity (Wildman–Crippen MR) is 81.0 cm³/mol. The van der Waals surface area contributed by atoms with Crippen molar-refractivity contribution in [2.45, 2.75) is 59.8 Å². The van der Waals surface area contributed by atoms with Gasteiger partial charge in [0.1, 0.15) is 0 Å². The van der Waals surface area contributed by atoms with Gasteiger partial charge in [0.05, 0.1) is 0 Å². The van der Waals surface area contributed by atoms with Gasteiger partial charge in [0.25, 0.3) is 0 Å². The molecule has 1 aromatic rings. The van der Waals surface area contributed by atoms with Gasteiger partial charge in [-0.15, -0.1) is 0 Å². The number of unbranched alkanes of at least 4 members (excludes halogenated alkanes) is 2. The van der Waals surface area contributed by atoms with Crippen LogP contribution in [0.15, 0.2) is 12.1 Å². The Labute approximate surface area is 113 Å². The lowest BCUT2D eigenvalue weighted by atomic mass is 9.88. The molecule has 0 aromatic heterocycles. The van der Waals surface area contributed by atoms with E-state index in [1.165, 1.54) is 47.9 Å². The van der Waals surface area contributed by atoms with E-state index < -0.39 is 0 Å². The summed E-state index contributed by atoms with van der Waals surface area (Å²) < 4.78 is 0. The summed E-state index contributed by atoms with van der Waals surface area (Å²) in [6.45, 7) is 9.71. The molecule has 0 fully saturated rings. The molecular weight excluding hydrogens is 218 g/mol. The summed E-state index contributed by atoms with van der Waals surface area (Å²) in [5.74, 6) is 0.650. The minimum Gasteiger partial charge on any atom is -0.330 e. The van der Waals surface area contributed by atoms with Crippen molar-refractivity contribution < 1.29 is 0 Å². The SMILES string of the molecule is CCCCCC(CN)Cc1c(C)cc(C)cc1C. The third-order valence-corrected chi connectivity index (χ3v) is 3.88. The van der Waals surface area contributed by atoms with Gasteiger partial charge in [-0.3, -0.25) is 0 Å². The molecule has 1 aromatic carbocycles. The van der Waals surface area contributed by atoms with Crippen LogP contribution in [-0.2, 0) is 6.42 Å². The van der Waals surface area contributed by atoms with E-state index >= 15 is 0 Å². The van der Waals surface area contributed by atoms with Gasteiger partial charge < -0.3 is 5.73 Å². The van der Waals surface area contributed by atoms with Gasteiger partial charge in [-0.25, -0.2) is 0 Å². The van der Waals surface area contributed by atoms with E-state index in [1.54, 1.807) is 0 Å². The summed E-state index contributed by atoms with van der Waals surface area (Å²) in [7, 11) is 0. The molecule has 0 aliphatic carbocycles. The van der Waals surface area contributed by atoms with Gasteiger partial charge in [0.15, 0.2) is 0 Å². The zero-order valence-electron chi connectivity index (χ0n) is 12.6. The van der Waals surface area contributed by atoms with Crippen LogP contribution in [0.25, 0.3) is 0 Å². The second-order valence-electron chi connectivity index (χ2n) is 5.68. The van der Waals surface area contributed by atoms with Crippen molar-refractivity contribution in [3.05, 3.63) is 34.4 Å². The first-order chi connectivity index (χ1) is 8.58. The topological polar surface area (TPSA) is 26.0 Å². The predicted octanol–water partition coefficient (Wildman–Crippen LogP) is 4.31. The third kappa shape index (κ3) is 4.45. The summed E-state index contributed by atoms with van der Waals surface area (Å²) in [6, 6.07) is 4.59. The minimum atomic E-state index is 0.650. The van der Waals surface area contributed by atoms with Crippen LogP contribution in [0.2, 0.25) is 0 Å². The zero-order chi connectivity index (χ0) is 13.5. The molecule has 0 saturated carbocycles. The largest absolute Gasteiger partial charge is 0.330 e. The lowest BCUT2D eigenvalue weighted by Gasteiger charge is -2.18. The molecule has 0 amide bonds. The Morgan fingerprint density at radius 2 is 1.67 bits per heavy atom. The second kappa shape index (κ2) is 7.58. The van der Waals surface area contributed by atoms with E-state index in [2.05, 4.69) is 39.8 Å². The average molecular weight is 247 g/mol. The lowest BCUT2D eigenvalue weighted by Crippen LogP contribution is -2.18. The standard InChI is InChI=1S/C17H29N/c1-5-6-7-8-16(12-18)11-17-14(3)9-13(2)10-15(17)4/h9-10,16H,5-8,11-12,18H2,1-4H3. The Morgan fingerprint density at radius 1 is 1.06 bits per heavy atom. The molecule has 0 heterocycles. The van der Waals surface area contributed by atoms with Crippen LogP contribution in [0.5, 0.6) is 0 Å². The maximum Gasteiger partial charge on any atom is -0.00457 e. The Kier molecular flexibility index (Phi) is 6.42. The number of benzene rings is 1. The lowest BCUT2D eigenvalue weighted by molar-refractivity contribution is 0.463. The van der Waals surface area contributed by atoms with E-state index in [-0.39, 0.29) is 0 Å². The van der Waals surface area contributed by atoms with E-state index in [0.29, 0.717) is 5.92 Å². The van der Waals surface area contributed by atoms with E-state index in [0.717, 1.165) is 13.0 Å². The normalized spacial score (nSPS) is 12.7. The molecule has 1 nitrogen and oxygen atoms in total. The van der Waals surface area contributed by atoms with Gasteiger partial charge in [-0.05, 0) is 62.8 Å². The van der Waals surface area contributed by atoms with Crippen LogP contribution >= 0.6 is 0 Å². The summed E-state index contributed by atoms with van der Waals surface area (Å²) in [4.78, 5) is 0.